The number of aromatic nitrogens is 2. The molecule has 0 unspecified atom stereocenters. The van der Waals surface area contributed by atoms with E-state index in [2.05, 4.69) is 16.1 Å². The van der Waals surface area contributed by atoms with Crippen LogP contribution in [0.3, 0.4) is 0 Å². The van der Waals surface area contributed by atoms with E-state index in [4.69, 9.17) is 5.11 Å². The van der Waals surface area contributed by atoms with E-state index in [1.807, 2.05) is 17.9 Å². The summed E-state index contributed by atoms with van der Waals surface area (Å²) in [6.45, 7) is 3.08. The molecule has 0 atom stereocenters. The minimum Gasteiger partial charge on any atom is -0.481 e. The van der Waals surface area contributed by atoms with E-state index in [0.29, 0.717) is 12.3 Å². The Morgan fingerprint density at radius 1 is 1.50 bits per heavy atom. The number of piperidine rings is 1. The second kappa shape index (κ2) is 6.00. The first-order chi connectivity index (χ1) is 8.65. The van der Waals surface area contributed by atoms with Crippen molar-refractivity contribution in [1.82, 2.24) is 14.7 Å². The summed E-state index contributed by atoms with van der Waals surface area (Å²) in [5.74, 6) is -0.0869. The van der Waals surface area contributed by atoms with Crippen LogP contribution >= 0.6 is 0 Å². The lowest BCUT2D eigenvalue weighted by molar-refractivity contribution is -0.137. The molecule has 1 aliphatic heterocycles. The molecule has 18 heavy (non-hydrogen) atoms. The lowest BCUT2D eigenvalue weighted by Crippen LogP contribution is -2.33. The molecule has 0 aliphatic carbocycles. The zero-order valence-corrected chi connectivity index (χ0v) is 10.9. The molecule has 0 aromatic carbocycles. The highest BCUT2D eigenvalue weighted by Crippen LogP contribution is 2.22. The molecule has 1 aromatic heterocycles. The Balaban J connectivity index is 1.73. The molecule has 0 radical (unpaired) electrons. The highest BCUT2D eigenvalue weighted by Gasteiger charge is 2.20. The number of likely N-dealkylation sites (tertiary alicyclic amines) is 1. The summed E-state index contributed by atoms with van der Waals surface area (Å²) in [6, 6.07) is 2.05. The van der Waals surface area contributed by atoms with Gasteiger partial charge in [-0.1, -0.05) is 0 Å². The van der Waals surface area contributed by atoms with Gasteiger partial charge in [0.15, 0.2) is 0 Å². The summed E-state index contributed by atoms with van der Waals surface area (Å²) < 4.78 is 1.91. The molecular formula is C13H21N3O2. The third-order valence-electron chi connectivity index (χ3n) is 3.78. The Labute approximate surface area is 107 Å². The lowest BCUT2D eigenvalue weighted by Gasteiger charge is -2.31. The fourth-order valence-corrected chi connectivity index (χ4v) is 2.55. The van der Waals surface area contributed by atoms with Crippen LogP contribution in [-0.2, 0) is 18.4 Å². The topological polar surface area (TPSA) is 58.4 Å². The zero-order valence-electron chi connectivity index (χ0n) is 10.9. The predicted octanol–water partition coefficient (Wildman–Crippen LogP) is 1.50. The van der Waals surface area contributed by atoms with Crippen molar-refractivity contribution in [2.45, 2.75) is 32.2 Å². The summed E-state index contributed by atoms with van der Waals surface area (Å²) in [5.41, 5.74) is 1.24. The maximum atomic E-state index is 10.5. The number of rotatable bonds is 5. The minimum absolute atomic E-state index is 0.312. The first kappa shape index (κ1) is 13.1. The molecule has 2 heterocycles. The van der Waals surface area contributed by atoms with E-state index in [0.717, 1.165) is 38.9 Å². The van der Waals surface area contributed by atoms with Crippen LogP contribution in [0, 0.1) is 5.92 Å². The van der Waals surface area contributed by atoms with Gasteiger partial charge in [-0.05, 0) is 44.3 Å². The van der Waals surface area contributed by atoms with Gasteiger partial charge < -0.3 is 5.11 Å². The Bertz CT molecular complexity index is 395. The van der Waals surface area contributed by atoms with Gasteiger partial charge >= 0.3 is 5.97 Å². The SMILES string of the molecule is Cn1nccc1CN1CCC(CCC(=O)O)CC1. The molecule has 0 saturated carbocycles. The van der Waals surface area contributed by atoms with Crippen molar-refractivity contribution in [2.24, 2.45) is 13.0 Å². The first-order valence-electron chi connectivity index (χ1n) is 6.56. The van der Waals surface area contributed by atoms with Gasteiger partial charge in [-0.25, -0.2) is 0 Å². The molecule has 0 bridgehead atoms. The van der Waals surface area contributed by atoms with Gasteiger partial charge in [0.05, 0.1) is 5.69 Å². The van der Waals surface area contributed by atoms with Crippen LogP contribution in [0.4, 0.5) is 0 Å². The van der Waals surface area contributed by atoms with Crippen LogP contribution < -0.4 is 0 Å². The van der Waals surface area contributed by atoms with Crippen molar-refractivity contribution in [1.29, 1.82) is 0 Å². The van der Waals surface area contributed by atoms with E-state index in [9.17, 15) is 4.79 Å². The lowest BCUT2D eigenvalue weighted by atomic mass is 9.92. The van der Waals surface area contributed by atoms with Crippen LogP contribution in [-0.4, -0.2) is 38.8 Å². The third kappa shape index (κ3) is 3.57. The highest BCUT2D eigenvalue weighted by molar-refractivity contribution is 5.66. The van der Waals surface area contributed by atoms with E-state index in [1.165, 1.54) is 5.69 Å². The summed E-state index contributed by atoms with van der Waals surface area (Å²) in [7, 11) is 1.97. The van der Waals surface area contributed by atoms with Crippen LogP contribution in [0.5, 0.6) is 0 Å². The monoisotopic (exact) mass is 251 g/mol. The molecule has 1 N–H and O–H groups in total. The fourth-order valence-electron chi connectivity index (χ4n) is 2.55. The van der Waals surface area contributed by atoms with Gasteiger partial charge in [0.2, 0.25) is 0 Å². The van der Waals surface area contributed by atoms with E-state index in [-0.39, 0.29) is 0 Å². The van der Waals surface area contributed by atoms with Crippen molar-refractivity contribution in [3.05, 3.63) is 18.0 Å². The van der Waals surface area contributed by atoms with Crippen molar-refractivity contribution in [3.8, 4) is 0 Å². The Hall–Kier alpha value is -1.36. The van der Waals surface area contributed by atoms with Crippen molar-refractivity contribution < 1.29 is 9.90 Å². The largest absolute Gasteiger partial charge is 0.481 e. The molecule has 2 rings (SSSR count). The molecule has 0 spiro atoms. The van der Waals surface area contributed by atoms with Gasteiger partial charge in [-0.3, -0.25) is 14.4 Å². The molecule has 1 aromatic rings. The van der Waals surface area contributed by atoms with Gasteiger partial charge in [-0.15, -0.1) is 0 Å². The Morgan fingerprint density at radius 2 is 2.22 bits per heavy atom. The first-order valence-corrected chi connectivity index (χ1v) is 6.56. The molecule has 5 nitrogen and oxygen atoms in total. The predicted molar refractivity (Wildman–Crippen MR) is 68.1 cm³/mol. The second-order valence-electron chi connectivity index (χ2n) is 5.10. The number of aryl methyl sites for hydroxylation is 1. The number of carboxylic acid groups (broad SMARTS) is 1. The maximum Gasteiger partial charge on any atom is 0.303 e. The normalized spacial score (nSPS) is 18.1. The number of carbonyl (C=O) groups is 1. The van der Waals surface area contributed by atoms with Crippen LogP contribution in [0.1, 0.15) is 31.4 Å². The summed E-state index contributed by atoms with van der Waals surface area (Å²) in [4.78, 5) is 13.0. The number of hydrogen-bond acceptors (Lipinski definition) is 3. The Morgan fingerprint density at radius 3 is 2.78 bits per heavy atom. The van der Waals surface area contributed by atoms with Crippen LogP contribution in [0.2, 0.25) is 0 Å². The smallest absolute Gasteiger partial charge is 0.303 e. The quantitative estimate of drug-likeness (QED) is 0.861. The van der Waals surface area contributed by atoms with Gasteiger partial charge in [0, 0.05) is 26.2 Å². The minimum atomic E-state index is -0.674. The van der Waals surface area contributed by atoms with Crippen molar-refractivity contribution in [2.75, 3.05) is 13.1 Å². The second-order valence-corrected chi connectivity index (χ2v) is 5.10. The van der Waals surface area contributed by atoms with Crippen LogP contribution in [0.15, 0.2) is 12.3 Å². The number of carboxylic acids is 1. The van der Waals surface area contributed by atoms with Crippen molar-refractivity contribution >= 4 is 5.97 Å². The fraction of sp³-hybridized carbons (Fsp3) is 0.692. The molecule has 1 fully saturated rings. The van der Waals surface area contributed by atoms with Gasteiger partial charge in [-0.2, -0.15) is 5.10 Å². The van der Waals surface area contributed by atoms with Crippen molar-refractivity contribution in [3.63, 3.8) is 0 Å². The third-order valence-corrected chi connectivity index (χ3v) is 3.78. The van der Waals surface area contributed by atoms with Gasteiger partial charge in [0.25, 0.3) is 0 Å². The zero-order chi connectivity index (χ0) is 13.0. The summed E-state index contributed by atoms with van der Waals surface area (Å²) in [5, 5.41) is 12.8. The maximum absolute atomic E-state index is 10.5. The molecule has 5 heteroatoms. The molecule has 0 amide bonds. The highest BCUT2D eigenvalue weighted by atomic mass is 16.4. The Kier molecular flexibility index (Phi) is 4.36. The van der Waals surface area contributed by atoms with Crippen LogP contribution in [0.25, 0.3) is 0 Å². The standard InChI is InChI=1S/C13H21N3O2/c1-15-12(4-7-14-15)10-16-8-5-11(6-9-16)2-3-13(17)18/h4,7,11H,2-3,5-6,8-10H2,1H3,(H,17,18). The average molecular weight is 251 g/mol. The van der Waals surface area contributed by atoms with Gasteiger partial charge in [0.1, 0.15) is 0 Å². The molecule has 100 valence electrons. The average Bonchev–Trinajstić information content (AvgIpc) is 2.74. The van der Waals surface area contributed by atoms with E-state index < -0.39 is 5.97 Å². The number of aliphatic carboxylic acids is 1. The number of nitrogens with zero attached hydrogens (tertiary/aromatic N) is 3. The van der Waals surface area contributed by atoms with E-state index >= 15 is 0 Å². The molecule has 1 aliphatic rings. The molecule has 1 saturated heterocycles. The summed E-state index contributed by atoms with van der Waals surface area (Å²) >= 11 is 0. The summed E-state index contributed by atoms with van der Waals surface area (Å²) in [6.07, 6.45) is 5.20. The van der Waals surface area contributed by atoms with E-state index in [1.54, 1.807) is 0 Å². The number of hydrogen-bond donors (Lipinski definition) is 1. The molecular weight excluding hydrogens is 230 g/mol.